The highest BCUT2D eigenvalue weighted by Crippen LogP contribution is 2.12. The lowest BCUT2D eigenvalue weighted by molar-refractivity contribution is 1.43. The smallest absolute Gasteiger partial charge is 0.0629 e. The second-order valence-corrected chi connectivity index (χ2v) is 4.56. The molecule has 0 bridgehead atoms. The van der Waals surface area contributed by atoms with Crippen molar-refractivity contribution in [3.63, 3.8) is 0 Å². The predicted molar refractivity (Wildman–Crippen MR) is 87.7 cm³/mol. The van der Waals surface area contributed by atoms with Crippen molar-refractivity contribution in [2.24, 2.45) is 9.98 Å². The first-order chi connectivity index (χ1) is 9.84. The Hall–Kier alpha value is -2.19. The molecule has 100 valence electrons. The highest BCUT2D eigenvalue weighted by atomic mass is 35.5. The molecule has 0 aromatic heterocycles. The summed E-state index contributed by atoms with van der Waals surface area (Å²) in [6, 6.07) is 19.5. The molecule has 0 aliphatic rings. The number of nitrogens with zero attached hydrogens (tertiary/aromatic N) is 2. The maximum atomic E-state index is 6.09. The lowest BCUT2D eigenvalue weighted by Crippen LogP contribution is -1.77. The lowest BCUT2D eigenvalue weighted by atomic mass is 10.3. The van der Waals surface area contributed by atoms with Crippen LogP contribution in [0.1, 0.15) is 6.42 Å². The van der Waals surface area contributed by atoms with Crippen LogP contribution in [0.25, 0.3) is 0 Å². The maximum Gasteiger partial charge on any atom is 0.0629 e. The van der Waals surface area contributed by atoms with Crippen LogP contribution in [0.2, 0.25) is 0 Å². The van der Waals surface area contributed by atoms with Crippen LogP contribution in [0.15, 0.2) is 81.8 Å². The minimum atomic E-state index is 0.595. The largest absolute Gasteiger partial charge is 0.261 e. The molecular formula is C17H15ClN2. The fourth-order valence-corrected chi connectivity index (χ4v) is 1.66. The molecule has 0 spiro atoms. The van der Waals surface area contributed by atoms with Crippen molar-refractivity contribution in [2.45, 2.75) is 6.42 Å². The van der Waals surface area contributed by atoms with E-state index in [-0.39, 0.29) is 0 Å². The summed E-state index contributed by atoms with van der Waals surface area (Å²) in [6.45, 7) is 0. The molecule has 0 fully saturated rings. The first-order valence-electron chi connectivity index (χ1n) is 6.36. The molecule has 0 saturated carbocycles. The van der Waals surface area contributed by atoms with Gasteiger partial charge in [-0.05, 0) is 30.3 Å². The van der Waals surface area contributed by atoms with Crippen molar-refractivity contribution in [1.29, 1.82) is 0 Å². The van der Waals surface area contributed by atoms with Crippen molar-refractivity contribution in [3.8, 4) is 0 Å². The number of benzene rings is 2. The van der Waals surface area contributed by atoms with Gasteiger partial charge in [0.25, 0.3) is 0 Å². The van der Waals surface area contributed by atoms with Gasteiger partial charge in [-0.2, -0.15) is 0 Å². The van der Waals surface area contributed by atoms with Crippen molar-refractivity contribution >= 4 is 35.4 Å². The minimum Gasteiger partial charge on any atom is -0.261 e. The zero-order chi connectivity index (χ0) is 14.0. The van der Waals surface area contributed by atoms with Gasteiger partial charge in [-0.25, -0.2) is 0 Å². The SMILES string of the molecule is ClC(=CC=Nc1ccccc1)CC=Nc1ccccc1. The molecular weight excluding hydrogens is 268 g/mol. The van der Waals surface area contributed by atoms with Gasteiger partial charge < -0.3 is 0 Å². The Bertz CT molecular complexity index is 601. The van der Waals surface area contributed by atoms with Crippen molar-refractivity contribution in [2.75, 3.05) is 0 Å². The van der Waals surface area contributed by atoms with Gasteiger partial charge in [0.15, 0.2) is 0 Å². The quantitative estimate of drug-likeness (QED) is 0.665. The standard InChI is InChI=1S/C17H15ClN2/c18-15(11-13-19-16-7-3-1-4-8-16)12-14-20-17-9-5-2-6-10-17/h1-11,13-14H,12H2. The molecule has 0 amide bonds. The van der Waals surface area contributed by atoms with Gasteiger partial charge >= 0.3 is 0 Å². The summed E-state index contributed by atoms with van der Waals surface area (Å²) in [6.07, 6.45) is 5.88. The topological polar surface area (TPSA) is 24.7 Å². The fourth-order valence-electron chi connectivity index (χ4n) is 1.54. The maximum absolute atomic E-state index is 6.09. The molecule has 0 radical (unpaired) electrons. The van der Waals surface area contributed by atoms with Crippen LogP contribution in [0.5, 0.6) is 0 Å². The fraction of sp³-hybridized carbons (Fsp3) is 0.0588. The van der Waals surface area contributed by atoms with Gasteiger partial charge in [0, 0.05) is 23.9 Å². The second-order valence-electron chi connectivity index (χ2n) is 4.08. The Kier molecular flexibility index (Phi) is 5.74. The molecule has 3 heteroatoms. The van der Waals surface area contributed by atoms with Gasteiger partial charge in [0.2, 0.25) is 0 Å². The van der Waals surface area contributed by atoms with E-state index in [1.54, 1.807) is 18.5 Å². The molecule has 0 N–H and O–H groups in total. The molecule has 20 heavy (non-hydrogen) atoms. The number of aliphatic imine (C=N–C) groups is 2. The number of para-hydroxylation sites is 2. The summed E-state index contributed by atoms with van der Waals surface area (Å²) in [5, 5.41) is 0.698. The van der Waals surface area contributed by atoms with E-state index in [4.69, 9.17) is 11.6 Å². The number of halogens is 1. The zero-order valence-corrected chi connectivity index (χ0v) is 11.7. The van der Waals surface area contributed by atoms with Crippen molar-refractivity contribution < 1.29 is 0 Å². The van der Waals surface area contributed by atoms with E-state index >= 15 is 0 Å². The second kappa shape index (κ2) is 8.08. The van der Waals surface area contributed by atoms with Crippen LogP contribution in [0.3, 0.4) is 0 Å². The predicted octanol–water partition coefficient (Wildman–Crippen LogP) is 5.30. The molecule has 0 heterocycles. The normalized spacial score (nSPS) is 12.3. The van der Waals surface area contributed by atoms with Gasteiger partial charge in [-0.1, -0.05) is 48.0 Å². The van der Waals surface area contributed by atoms with E-state index in [1.165, 1.54) is 0 Å². The van der Waals surface area contributed by atoms with E-state index in [0.29, 0.717) is 11.5 Å². The molecule has 2 aromatic rings. The van der Waals surface area contributed by atoms with Crippen LogP contribution in [0, 0.1) is 0 Å². The number of rotatable bonds is 5. The number of hydrogen-bond acceptors (Lipinski definition) is 2. The van der Waals surface area contributed by atoms with Gasteiger partial charge in [0.05, 0.1) is 11.4 Å². The molecule has 0 aliphatic heterocycles. The third-order valence-electron chi connectivity index (χ3n) is 2.52. The number of hydrogen-bond donors (Lipinski definition) is 0. The molecule has 0 unspecified atom stereocenters. The summed E-state index contributed by atoms with van der Waals surface area (Å²) in [5.74, 6) is 0. The van der Waals surface area contributed by atoms with Gasteiger partial charge in [-0.15, -0.1) is 0 Å². The van der Waals surface area contributed by atoms with Crippen LogP contribution in [0.4, 0.5) is 11.4 Å². The summed E-state index contributed by atoms with van der Waals surface area (Å²) in [7, 11) is 0. The molecule has 0 atom stereocenters. The van der Waals surface area contributed by atoms with Gasteiger partial charge in [-0.3, -0.25) is 9.98 Å². The average Bonchev–Trinajstić information content (AvgIpc) is 2.49. The third kappa shape index (κ3) is 5.21. The molecule has 0 saturated heterocycles. The van der Waals surface area contributed by atoms with E-state index in [9.17, 15) is 0 Å². The van der Waals surface area contributed by atoms with E-state index in [1.807, 2.05) is 60.7 Å². The van der Waals surface area contributed by atoms with Crippen molar-refractivity contribution in [1.82, 2.24) is 0 Å². The van der Waals surface area contributed by atoms with Crippen LogP contribution < -0.4 is 0 Å². The van der Waals surface area contributed by atoms with Crippen LogP contribution in [-0.4, -0.2) is 12.4 Å². The summed E-state index contributed by atoms with van der Waals surface area (Å²) < 4.78 is 0. The lowest BCUT2D eigenvalue weighted by Gasteiger charge is -1.93. The first-order valence-corrected chi connectivity index (χ1v) is 6.74. The number of allylic oxidation sites excluding steroid dienone is 2. The third-order valence-corrected chi connectivity index (χ3v) is 2.80. The first kappa shape index (κ1) is 14.2. The Morgan fingerprint density at radius 3 is 2.00 bits per heavy atom. The minimum absolute atomic E-state index is 0.595. The van der Waals surface area contributed by atoms with Gasteiger partial charge in [0.1, 0.15) is 0 Å². The average molecular weight is 283 g/mol. The molecule has 0 aliphatic carbocycles. The zero-order valence-electron chi connectivity index (χ0n) is 11.0. The monoisotopic (exact) mass is 282 g/mol. The van der Waals surface area contributed by atoms with E-state index < -0.39 is 0 Å². The Morgan fingerprint density at radius 2 is 1.40 bits per heavy atom. The summed E-state index contributed by atoms with van der Waals surface area (Å²) in [4.78, 5) is 8.60. The van der Waals surface area contributed by atoms with Crippen molar-refractivity contribution in [3.05, 3.63) is 71.8 Å². The molecule has 2 aromatic carbocycles. The highest BCUT2D eigenvalue weighted by molar-refractivity contribution is 6.31. The Labute approximate surface area is 124 Å². The molecule has 2 nitrogen and oxygen atoms in total. The van der Waals surface area contributed by atoms with E-state index in [2.05, 4.69) is 9.98 Å². The Morgan fingerprint density at radius 1 is 0.850 bits per heavy atom. The van der Waals surface area contributed by atoms with Crippen LogP contribution >= 0.6 is 11.6 Å². The van der Waals surface area contributed by atoms with E-state index in [0.717, 1.165) is 11.4 Å². The summed E-state index contributed by atoms with van der Waals surface area (Å²) >= 11 is 6.09. The highest BCUT2D eigenvalue weighted by Gasteiger charge is 1.89. The Balaban J connectivity index is 1.86. The molecule has 2 rings (SSSR count). The summed E-state index contributed by atoms with van der Waals surface area (Å²) in [5.41, 5.74) is 1.83. The van der Waals surface area contributed by atoms with Crippen LogP contribution in [-0.2, 0) is 0 Å².